The van der Waals surface area contributed by atoms with Crippen LogP contribution in [0, 0.1) is 0 Å². The van der Waals surface area contributed by atoms with Crippen molar-refractivity contribution in [1.82, 2.24) is 20.5 Å². The predicted octanol–water partition coefficient (Wildman–Crippen LogP) is 1.30. The average molecular weight is 291 g/mol. The molecule has 0 saturated carbocycles. The van der Waals surface area contributed by atoms with Crippen molar-refractivity contribution in [3.05, 3.63) is 28.0 Å². The molecule has 106 valence electrons. The number of aromatic amines is 1. The monoisotopic (exact) mass is 291 g/mol. The molecule has 0 radical (unpaired) electrons. The molecule has 7 heteroatoms. The number of nitrogen functional groups attached to an aromatic ring is 1. The largest absolute Gasteiger partial charge is 0.375 e. The lowest BCUT2D eigenvalue weighted by Gasteiger charge is -2.03. The van der Waals surface area contributed by atoms with E-state index in [2.05, 4.69) is 20.5 Å². The molecule has 6 nitrogen and oxygen atoms in total. The minimum absolute atomic E-state index is 0.0813. The van der Waals surface area contributed by atoms with E-state index in [-0.39, 0.29) is 5.91 Å². The van der Waals surface area contributed by atoms with Gasteiger partial charge in [0.15, 0.2) is 10.8 Å². The van der Waals surface area contributed by atoms with Crippen LogP contribution in [-0.4, -0.2) is 27.6 Å². The smallest absolute Gasteiger partial charge is 0.272 e. The molecular formula is C13H17N5OS. The summed E-state index contributed by atoms with van der Waals surface area (Å²) in [6, 6.07) is 0. The number of H-pyrrole nitrogens is 1. The second-order valence-electron chi connectivity index (χ2n) is 4.92. The summed E-state index contributed by atoms with van der Waals surface area (Å²) in [6.07, 6.45) is 4.73. The number of aromatic nitrogens is 3. The standard InChI is InChI=1S/C13H17N5OS/c14-13-16-8(7-20-13)3-2-6-15-12(19)11-9-4-1-5-10(9)17-18-11/h7H,1-6H2,(H2,14,16)(H,15,19)(H,17,18). The summed E-state index contributed by atoms with van der Waals surface area (Å²) in [5.74, 6) is -0.0813. The Labute approximate surface area is 120 Å². The van der Waals surface area contributed by atoms with E-state index in [0.717, 1.165) is 49.1 Å². The molecule has 0 spiro atoms. The van der Waals surface area contributed by atoms with Crippen LogP contribution in [-0.2, 0) is 19.3 Å². The molecular weight excluding hydrogens is 274 g/mol. The van der Waals surface area contributed by atoms with Crippen molar-refractivity contribution >= 4 is 22.4 Å². The Kier molecular flexibility index (Phi) is 3.68. The molecule has 20 heavy (non-hydrogen) atoms. The number of rotatable bonds is 5. The van der Waals surface area contributed by atoms with Crippen LogP contribution < -0.4 is 11.1 Å². The molecule has 1 aliphatic rings. The zero-order valence-corrected chi connectivity index (χ0v) is 11.9. The summed E-state index contributed by atoms with van der Waals surface area (Å²) in [6.45, 7) is 0.623. The van der Waals surface area contributed by atoms with Crippen LogP contribution >= 0.6 is 11.3 Å². The molecule has 2 aromatic rings. The first kappa shape index (κ1) is 13.1. The summed E-state index contributed by atoms with van der Waals surface area (Å²) in [4.78, 5) is 16.2. The van der Waals surface area contributed by atoms with E-state index in [1.165, 1.54) is 11.3 Å². The van der Waals surface area contributed by atoms with Gasteiger partial charge < -0.3 is 11.1 Å². The second kappa shape index (κ2) is 5.62. The van der Waals surface area contributed by atoms with Crippen molar-refractivity contribution in [2.45, 2.75) is 32.1 Å². The molecule has 3 rings (SSSR count). The first-order valence-corrected chi connectivity index (χ1v) is 7.66. The molecule has 4 N–H and O–H groups in total. The normalized spacial score (nSPS) is 13.4. The highest BCUT2D eigenvalue weighted by Gasteiger charge is 2.22. The van der Waals surface area contributed by atoms with Crippen LogP contribution in [0.5, 0.6) is 0 Å². The zero-order valence-electron chi connectivity index (χ0n) is 11.1. The molecule has 1 aliphatic carbocycles. The fourth-order valence-electron chi connectivity index (χ4n) is 2.50. The summed E-state index contributed by atoms with van der Waals surface area (Å²) < 4.78 is 0. The number of nitrogens with one attached hydrogen (secondary N) is 2. The number of amides is 1. The van der Waals surface area contributed by atoms with E-state index < -0.39 is 0 Å². The third-order valence-corrected chi connectivity index (χ3v) is 4.21. The van der Waals surface area contributed by atoms with Gasteiger partial charge in [-0.25, -0.2) is 4.98 Å². The van der Waals surface area contributed by atoms with Gasteiger partial charge in [-0.05, 0) is 32.1 Å². The van der Waals surface area contributed by atoms with Crippen molar-refractivity contribution in [2.24, 2.45) is 0 Å². The van der Waals surface area contributed by atoms with Gasteiger partial charge >= 0.3 is 0 Å². The lowest BCUT2D eigenvalue weighted by atomic mass is 10.2. The van der Waals surface area contributed by atoms with Gasteiger partial charge in [-0.2, -0.15) is 5.10 Å². The molecule has 0 fully saturated rings. The molecule has 0 saturated heterocycles. The van der Waals surface area contributed by atoms with Crippen molar-refractivity contribution in [3.63, 3.8) is 0 Å². The first-order chi connectivity index (χ1) is 9.74. The quantitative estimate of drug-likeness (QED) is 0.723. The van der Waals surface area contributed by atoms with E-state index in [0.29, 0.717) is 17.4 Å². The van der Waals surface area contributed by atoms with Crippen LogP contribution in [0.4, 0.5) is 5.13 Å². The van der Waals surface area contributed by atoms with Gasteiger partial charge in [0.25, 0.3) is 5.91 Å². The van der Waals surface area contributed by atoms with E-state index in [1.54, 1.807) is 0 Å². The summed E-state index contributed by atoms with van der Waals surface area (Å²) in [5.41, 5.74) is 9.34. The van der Waals surface area contributed by atoms with E-state index >= 15 is 0 Å². The van der Waals surface area contributed by atoms with Gasteiger partial charge in [-0.3, -0.25) is 9.89 Å². The van der Waals surface area contributed by atoms with Crippen LogP contribution in [0.15, 0.2) is 5.38 Å². The van der Waals surface area contributed by atoms with Crippen molar-refractivity contribution in [3.8, 4) is 0 Å². The molecule has 0 bridgehead atoms. The highest BCUT2D eigenvalue weighted by Crippen LogP contribution is 2.22. The topological polar surface area (TPSA) is 96.7 Å². The lowest BCUT2D eigenvalue weighted by molar-refractivity contribution is 0.0947. The molecule has 0 aliphatic heterocycles. The SMILES string of the molecule is Nc1nc(CCCNC(=O)c2n[nH]c3c2CCC3)cs1. The fraction of sp³-hybridized carbons (Fsp3) is 0.462. The number of nitrogens with zero attached hydrogens (tertiary/aromatic N) is 2. The number of nitrogens with two attached hydrogens (primary N) is 1. The maximum absolute atomic E-state index is 12.1. The minimum Gasteiger partial charge on any atom is -0.375 e. The van der Waals surface area contributed by atoms with E-state index in [4.69, 9.17) is 5.73 Å². The van der Waals surface area contributed by atoms with Crippen molar-refractivity contribution in [1.29, 1.82) is 0 Å². The number of aryl methyl sites for hydroxylation is 2. The minimum atomic E-state index is -0.0813. The second-order valence-corrected chi connectivity index (χ2v) is 5.81. The highest BCUT2D eigenvalue weighted by atomic mass is 32.1. The Morgan fingerprint density at radius 2 is 2.40 bits per heavy atom. The van der Waals surface area contributed by atoms with Gasteiger partial charge in [0.05, 0.1) is 5.69 Å². The van der Waals surface area contributed by atoms with Crippen molar-refractivity contribution in [2.75, 3.05) is 12.3 Å². The third-order valence-electron chi connectivity index (χ3n) is 3.49. The van der Waals surface area contributed by atoms with Crippen LogP contribution in [0.2, 0.25) is 0 Å². The Hall–Kier alpha value is -1.89. The van der Waals surface area contributed by atoms with E-state index in [1.807, 2.05) is 5.38 Å². The highest BCUT2D eigenvalue weighted by molar-refractivity contribution is 7.13. The molecule has 1 amide bonds. The Morgan fingerprint density at radius 1 is 1.50 bits per heavy atom. The number of carbonyl (C=O) groups is 1. The number of fused-ring (bicyclic) bond motifs is 1. The van der Waals surface area contributed by atoms with E-state index in [9.17, 15) is 4.79 Å². The maximum atomic E-state index is 12.1. The molecule has 0 aromatic carbocycles. The number of anilines is 1. The number of carbonyl (C=O) groups excluding carboxylic acids is 1. The zero-order chi connectivity index (χ0) is 13.9. The van der Waals surface area contributed by atoms with Crippen LogP contribution in [0.1, 0.15) is 40.3 Å². The molecule has 2 heterocycles. The first-order valence-electron chi connectivity index (χ1n) is 6.78. The van der Waals surface area contributed by atoms with Gasteiger partial charge in [0.2, 0.25) is 0 Å². The average Bonchev–Trinajstić information content (AvgIpc) is 3.10. The van der Waals surface area contributed by atoms with Crippen LogP contribution in [0.25, 0.3) is 0 Å². The molecule has 0 unspecified atom stereocenters. The van der Waals surface area contributed by atoms with Gasteiger partial charge in [0.1, 0.15) is 0 Å². The molecule has 2 aromatic heterocycles. The summed E-state index contributed by atoms with van der Waals surface area (Å²) in [7, 11) is 0. The predicted molar refractivity (Wildman–Crippen MR) is 77.8 cm³/mol. The lowest BCUT2D eigenvalue weighted by Crippen LogP contribution is -2.26. The number of hydrogen-bond acceptors (Lipinski definition) is 5. The van der Waals surface area contributed by atoms with Gasteiger partial charge in [-0.1, -0.05) is 0 Å². The summed E-state index contributed by atoms with van der Waals surface area (Å²) >= 11 is 1.45. The Bertz CT molecular complexity index is 618. The number of thiazole rings is 1. The molecule has 0 atom stereocenters. The maximum Gasteiger partial charge on any atom is 0.272 e. The van der Waals surface area contributed by atoms with Crippen LogP contribution in [0.3, 0.4) is 0 Å². The number of hydrogen-bond donors (Lipinski definition) is 3. The van der Waals surface area contributed by atoms with Crippen molar-refractivity contribution < 1.29 is 4.79 Å². The summed E-state index contributed by atoms with van der Waals surface area (Å²) in [5, 5.41) is 12.5. The van der Waals surface area contributed by atoms with Gasteiger partial charge in [-0.15, -0.1) is 11.3 Å². The Balaban J connectivity index is 1.47. The fourth-order valence-corrected chi connectivity index (χ4v) is 3.10. The third kappa shape index (κ3) is 2.67. The Morgan fingerprint density at radius 3 is 3.20 bits per heavy atom. The van der Waals surface area contributed by atoms with Gasteiger partial charge in [0, 0.05) is 23.2 Å².